The molecular formula is C10H18S. The van der Waals surface area contributed by atoms with E-state index in [0.29, 0.717) is 0 Å². The van der Waals surface area contributed by atoms with Gasteiger partial charge in [0.2, 0.25) is 0 Å². The van der Waals surface area contributed by atoms with Gasteiger partial charge in [-0.15, -0.1) is 0 Å². The van der Waals surface area contributed by atoms with Crippen molar-refractivity contribution in [1.29, 1.82) is 0 Å². The van der Waals surface area contributed by atoms with Crippen LogP contribution in [-0.2, 0) is 0 Å². The molecule has 0 radical (unpaired) electrons. The van der Waals surface area contributed by atoms with E-state index in [1.54, 1.807) is 0 Å². The molecular weight excluding hydrogens is 152 g/mol. The lowest BCUT2D eigenvalue weighted by atomic mass is 9.72. The molecule has 0 saturated heterocycles. The van der Waals surface area contributed by atoms with E-state index >= 15 is 0 Å². The molecule has 0 aromatic carbocycles. The minimum absolute atomic E-state index is 1.04. The van der Waals surface area contributed by atoms with Gasteiger partial charge in [-0.25, -0.2) is 0 Å². The molecule has 0 aromatic heterocycles. The standard InChI is InChI=1S/C10H18S/c1-11-10-8-4-2-5-9(10)7-3-6-8/h8-10H,2-7H2,1H3. The van der Waals surface area contributed by atoms with Crippen LogP contribution in [0.2, 0.25) is 0 Å². The zero-order valence-electron chi connectivity index (χ0n) is 7.38. The van der Waals surface area contributed by atoms with E-state index in [4.69, 9.17) is 0 Å². The molecule has 0 aromatic rings. The summed E-state index contributed by atoms with van der Waals surface area (Å²) in [4.78, 5) is 0. The van der Waals surface area contributed by atoms with Crippen molar-refractivity contribution in [2.75, 3.05) is 6.26 Å². The molecule has 0 spiro atoms. The average Bonchev–Trinajstić information content (AvgIpc) is 2.03. The van der Waals surface area contributed by atoms with Crippen LogP contribution >= 0.6 is 11.8 Å². The van der Waals surface area contributed by atoms with Gasteiger partial charge in [-0.2, -0.15) is 11.8 Å². The third-order valence-corrected chi connectivity index (χ3v) is 4.82. The maximum absolute atomic E-state index is 2.31. The number of thioether (sulfide) groups is 1. The predicted molar refractivity (Wildman–Crippen MR) is 52.0 cm³/mol. The molecule has 0 aliphatic heterocycles. The van der Waals surface area contributed by atoms with Crippen LogP contribution in [0.5, 0.6) is 0 Å². The molecule has 2 bridgehead atoms. The molecule has 11 heavy (non-hydrogen) atoms. The summed E-state index contributed by atoms with van der Waals surface area (Å²) in [6.45, 7) is 0. The second-order valence-corrected chi connectivity index (χ2v) is 5.10. The van der Waals surface area contributed by atoms with E-state index < -0.39 is 0 Å². The fourth-order valence-corrected chi connectivity index (χ4v) is 4.31. The molecule has 2 fully saturated rings. The summed E-state index contributed by atoms with van der Waals surface area (Å²) in [7, 11) is 0. The van der Waals surface area contributed by atoms with Gasteiger partial charge >= 0.3 is 0 Å². The summed E-state index contributed by atoms with van der Waals surface area (Å²) in [6.07, 6.45) is 11.5. The highest BCUT2D eigenvalue weighted by molar-refractivity contribution is 7.99. The Morgan fingerprint density at radius 3 is 1.64 bits per heavy atom. The number of hydrogen-bond donors (Lipinski definition) is 0. The predicted octanol–water partition coefficient (Wildman–Crippen LogP) is 3.32. The van der Waals surface area contributed by atoms with Gasteiger partial charge in [0, 0.05) is 5.25 Å². The first-order valence-corrected chi connectivity index (χ1v) is 6.23. The van der Waals surface area contributed by atoms with Crippen LogP contribution in [0.1, 0.15) is 38.5 Å². The number of fused-ring (bicyclic) bond motifs is 2. The topological polar surface area (TPSA) is 0 Å². The normalized spacial score (nSPS) is 43.9. The van der Waals surface area contributed by atoms with E-state index in [1.807, 2.05) is 0 Å². The van der Waals surface area contributed by atoms with Gasteiger partial charge < -0.3 is 0 Å². The van der Waals surface area contributed by atoms with Crippen molar-refractivity contribution in [2.24, 2.45) is 11.8 Å². The molecule has 2 saturated carbocycles. The molecule has 0 unspecified atom stereocenters. The Kier molecular flexibility index (Phi) is 2.45. The minimum Gasteiger partial charge on any atom is -0.161 e. The Labute approximate surface area is 74.1 Å². The summed E-state index contributed by atoms with van der Waals surface area (Å²) < 4.78 is 0. The van der Waals surface area contributed by atoms with Crippen LogP contribution in [-0.4, -0.2) is 11.5 Å². The Hall–Kier alpha value is 0.350. The maximum atomic E-state index is 2.31. The number of rotatable bonds is 1. The highest BCUT2D eigenvalue weighted by Crippen LogP contribution is 2.45. The second kappa shape index (κ2) is 3.38. The molecule has 0 atom stereocenters. The highest BCUT2D eigenvalue weighted by Gasteiger charge is 2.35. The van der Waals surface area contributed by atoms with Gasteiger partial charge in [0.25, 0.3) is 0 Å². The van der Waals surface area contributed by atoms with Gasteiger partial charge in [-0.3, -0.25) is 0 Å². The first-order chi connectivity index (χ1) is 5.42. The van der Waals surface area contributed by atoms with E-state index in [0.717, 1.165) is 17.1 Å². The van der Waals surface area contributed by atoms with Crippen molar-refractivity contribution in [1.82, 2.24) is 0 Å². The molecule has 2 aliphatic carbocycles. The van der Waals surface area contributed by atoms with E-state index in [-0.39, 0.29) is 0 Å². The molecule has 0 N–H and O–H groups in total. The van der Waals surface area contributed by atoms with Gasteiger partial charge in [-0.1, -0.05) is 12.8 Å². The third kappa shape index (κ3) is 1.44. The van der Waals surface area contributed by atoms with Gasteiger partial charge in [0.05, 0.1) is 0 Å². The molecule has 2 aliphatic rings. The average molecular weight is 170 g/mol. The van der Waals surface area contributed by atoms with Crippen LogP contribution in [0.3, 0.4) is 0 Å². The molecule has 2 rings (SSSR count). The highest BCUT2D eigenvalue weighted by atomic mass is 32.2. The van der Waals surface area contributed by atoms with Gasteiger partial charge in [-0.05, 0) is 43.8 Å². The van der Waals surface area contributed by atoms with Crippen LogP contribution in [0.25, 0.3) is 0 Å². The zero-order chi connectivity index (χ0) is 7.68. The van der Waals surface area contributed by atoms with Crippen LogP contribution < -0.4 is 0 Å². The Bertz CT molecular complexity index is 111. The van der Waals surface area contributed by atoms with Crippen LogP contribution in [0, 0.1) is 11.8 Å². The van der Waals surface area contributed by atoms with Crippen molar-refractivity contribution in [2.45, 2.75) is 43.8 Å². The molecule has 0 heterocycles. The molecule has 0 nitrogen and oxygen atoms in total. The minimum atomic E-state index is 1.04. The summed E-state index contributed by atoms with van der Waals surface area (Å²) in [5.41, 5.74) is 0. The smallest absolute Gasteiger partial charge is 0.0101 e. The quantitative estimate of drug-likeness (QED) is 0.582. The van der Waals surface area contributed by atoms with Crippen LogP contribution in [0.15, 0.2) is 0 Å². The Morgan fingerprint density at radius 2 is 1.36 bits per heavy atom. The molecule has 1 heteroatoms. The summed E-state index contributed by atoms with van der Waals surface area (Å²) in [5.74, 6) is 2.19. The van der Waals surface area contributed by atoms with Crippen molar-refractivity contribution in [3.05, 3.63) is 0 Å². The van der Waals surface area contributed by atoms with E-state index in [2.05, 4.69) is 18.0 Å². The summed E-state index contributed by atoms with van der Waals surface area (Å²) in [6, 6.07) is 0. The first kappa shape index (κ1) is 7.97. The van der Waals surface area contributed by atoms with Gasteiger partial charge in [0.15, 0.2) is 0 Å². The molecule has 0 amide bonds. The maximum Gasteiger partial charge on any atom is 0.0101 e. The van der Waals surface area contributed by atoms with Crippen molar-refractivity contribution < 1.29 is 0 Å². The molecule has 64 valence electrons. The fourth-order valence-electron chi connectivity index (χ4n) is 3.00. The van der Waals surface area contributed by atoms with Gasteiger partial charge in [0.1, 0.15) is 0 Å². The Morgan fingerprint density at radius 1 is 0.909 bits per heavy atom. The van der Waals surface area contributed by atoms with Crippen molar-refractivity contribution in [3.63, 3.8) is 0 Å². The fraction of sp³-hybridized carbons (Fsp3) is 1.00. The second-order valence-electron chi connectivity index (χ2n) is 4.08. The zero-order valence-corrected chi connectivity index (χ0v) is 8.20. The SMILES string of the molecule is CSC1C2CCCC1CCC2. The Balaban J connectivity index is 2.04. The van der Waals surface area contributed by atoms with E-state index in [1.165, 1.54) is 38.5 Å². The monoisotopic (exact) mass is 170 g/mol. The largest absolute Gasteiger partial charge is 0.161 e. The lowest BCUT2D eigenvalue weighted by molar-refractivity contribution is 0.202. The first-order valence-electron chi connectivity index (χ1n) is 4.94. The summed E-state index contributed by atoms with van der Waals surface area (Å²) >= 11 is 2.14. The van der Waals surface area contributed by atoms with Crippen molar-refractivity contribution >= 4 is 11.8 Å². The third-order valence-electron chi connectivity index (χ3n) is 3.50. The summed E-state index contributed by atoms with van der Waals surface area (Å²) in [5, 5.41) is 1.04. The lowest BCUT2D eigenvalue weighted by Gasteiger charge is -2.41. The number of hydrogen-bond acceptors (Lipinski definition) is 1. The van der Waals surface area contributed by atoms with E-state index in [9.17, 15) is 0 Å². The van der Waals surface area contributed by atoms with Crippen LogP contribution in [0.4, 0.5) is 0 Å². The lowest BCUT2D eigenvalue weighted by Crippen LogP contribution is -2.34. The van der Waals surface area contributed by atoms with Crippen molar-refractivity contribution in [3.8, 4) is 0 Å².